The van der Waals surface area contributed by atoms with Crippen molar-refractivity contribution in [3.8, 4) is 11.3 Å². The number of oxazole rings is 1. The highest BCUT2D eigenvalue weighted by atomic mass is 35.5. The average molecular weight is 431 g/mol. The minimum absolute atomic E-state index is 0.0766. The molecule has 5 rings (SSSR count). The number of nitrogens with one attached hydrogen (secondary N) is 2. The molecule has 0 spiro atoms. The van der Waals surface area contributed by atoms with E-state index in [1.54, 1.807) is 12.1 Å². The molecule has 1 aliphatic heterocycles. The van der Waals surface area contributed by atoms with Gasteiger partial charge >= 0.3 is 5.76 Å². The van der Waals surface area contributed by atoms with Crippen LogP contribution in [0.15, 0.2) is 56.6 Å². The summed E-state index contributed by atoms with van der Waals surface area (Å²) in [5.74, 6) is -0.622. The van der Waals surface area contributed by atoms with Crippen molar-refractivity contribution >= 4 is 32.7 Å². The fourth-order valence-electron chi connectivity index (χ4n) is 3.56. The van der Waals surface area contributed by atoms with Crippen molar-refractivity contribution in [2.45, 2.75) is 17.9 Å². The lowest BCUT2D eigenvalue weighted by Crippen LogP contribution is -2.35. The number of benzene rings is 2. The van der Waals surface area contributed by atoms with E-state index in [9.17, 15) is 13.2 Å². The highest BCUT2D eigenvalue weighted by Crippen LogP contribution is 2.32. The Hall–Kier alpha value is -2.88. The summed E-state index contributed by atoms with van der Waals surface area (Å²) in [6.07, 6.45) is 0.524. The highest BCUT2D eigenvalue weighted by Gasteiger charge is 2.31. The molecule has 0 saturated carbocycles. The van der Waals surface area contributed by atoms with Crippen molar-refractivity contribution in [3.63, 3.8) is 0 Å². The summed E-state index contributed by atoms with van der Waals surface area (Å²) in [6, 6.07) is 11.6. The normalized spacial score (nSPS) is 14.9. The van der Waals surface area contributed by atoms with Crippen molar-refractivity contribution in [2.75, 3.05) is 6.54 Å². The first-order valence-corrected chi connectivity index (χ1v) is 10.7. The second-order valence-corrected chi connectivity index (χ2v) is 9.17. The van der Waals surface area contributed by atoms with Gasteiger partial charge in [0, 0.05) is 47.4 Å². The smallest absolute Gasteiger partial charge is 0.408 e. The van der Waals surface area contributed by atoms with E-state index in [1.165, 1.54) is 22.5 Å². The first kappa shape index (κ1) is 18.2. The number of hydrogen-bond acceptors (Lipinski definition) is 5. The monoisotopic (exact) mass is 430 g/mol. The van der Waals surface area contributed by atoms with E-state index in [0.29, 0.717) is 29.2 Å². The summed E-state index contributed by atoms with van der Waals surface area (Å²) in [5.41, 5.74) is 4.00. The summed E-state index contributed by atoms with van der Waals surface area (Å²) in [6.45, 7) is 0.522. The summed E-state index contributed by atoms with van der Waals surface area (Å²) >= 11 is 5.97. The molecular formula is C19H15ClN4O4S. The molecule has 0 amide bonds. The summed E-state index contributed by atoms with van der Waals surface area (Å²) < 4.78 is 32.8. The Morgan fingerprint density at radius 3 is 2.72 bits per heavy atom. The molecule has 2 N–H and O–H groups in total. The van der Waals surface area contributed by atoms with Gasteiger partial charge in [-0.05, 0) is 24.3 Å². The van der Waals surface area contributed by atoms with Crippen LogP contribution in [-0.2, 0) is 23.0 Å². The minimum Gasteiger partial charge on any atom is -0.408 e. The zero-order valence-corrected chi connectivity index (χ0v) is 16.5. The third-order valence-electron chi connectivity index (χ3n) is 5.05. The molecule has 8 nitrogen and oxygen atoms in total. The number of hydrogen-bond donors (Lipinski definition) is 2. The van der Waals surface area contributed by atoms with Gasteiger partial charge < -0.3 is 4.42 Å². The Labute approximate surface area is 170 Å². The average Bonchev–Trinajstić information content (AvgIpc) is 3.29. The van der Waals surface area contributed by atoms with E-state index in [1.807, 2.05) is 12.1 Å². The summed E-state index contributed by atoms with van der Waals surface area (Å²) in [5, 5.41) is 8.03. The van der Waals surface area contributed by atoms with E-state index in [-0.39, 0.29) is 17.0 Å². The fourth-order valence-corrected chi connectivity index (χ4v) is 5.11. The van der Waals surface area contributed by atoms with Crippen LogP contribution in [0.5, 0.6) is 0 Å². The number of rotatable bonds is 3. The Morgan fingerprint density at radius 1 is 1.14 bits per heavy atom. The van der Waals surface area contributed by atoms with Gasteiger partial charge in [-0.2, -0.15) is 9.40 Å². The number of nitrogens with zero attached hydrogens (tertiary/aromatic N) is 2. The van der Waals surface area contributed by atoms with Crippen molar-refractivity contribution in [2.24, 2.45) is 0 Å². The largest absolute Gasteiger partial charge is 0.417 e. The van der Waals surface area contributed by atoms with Gasteiger partial charge in [0.15, 0.2) is 5.58 Å². The molecule has 0 unspecified atom stereocenters. The van der Waals surface area contributed by atoms with Gasteiger partial charge in [-0.1, -0.05) is 23.7 Å². The van der Waals surface area contributed by atoms with E-state index < -0.39 is 15.8 Å². The van der Waals surface area contributed by atoms with Gasteiger partial charge in [0.2, 0.25) is 10.0 Å². The molecule has 0 aliphatic carbocycles. The van der Waals surface area contributed by atoms with Crippen molar-refractivity contribution in [1.29, 1.82) is 0 Å². The topological polar surface area (TPSA) is 112 Å². The third kappa shape index (κ3) is 3.07. The first-order chi connectivity index (χ1) is 13.9. The van der Waals surface area contributed by atoms with Gasteiger partial charge in [0.05, 0.1) is 16.1 Å². The van der Waals surface area contributed by atoms with E-state index in [0.717, 1.165) is 16.8 Å². The number of sulfonamides is 1. The predicted octanol–water partition coefficient (Wildman–Crippen LogP) is 2.91. The molecule has 2 aromatic carbocycles. The molecule has 3 heterocycles. The first-order valence-electron chi connectivity index (χ1n) is 8.87. The van der Waals surface area contributed by atoms with Crippen LogP contribution in [0.3, 0.4) is 0 Å². The lowest BCUT2D eigenvalue weighted by Gasteiger charge is -2.26. The van der Waals surface area contributed by atoms with Gasteiger partial charge in [0.25, 0.3) is 0 Å². The number of aromatic amines is 2. The molecule has 0 fully saturated rings. The van der Waals surface area contributed by atoms with Crippen molar-refractivity contribution in [1.82, 2.24) is 19.5 Å². The van der Waals surface area contributed by atoms with E-state index in [2.05, 4.69) is 15.2 Å². The Bertz CT molecular complexity index is 1390. The maximum Gasteiger partial charge on any atom is 0.417 e. The zero-order chi connectivity index (χ0) is 20.2. The van der Waals surface area contributed by atoms with Crippen LogP contribution in [0.2, 0.25) is 5.02 Å². The number of fused-ring (bicyclic) bond motifs is 2. The lowest BCUT2D eigenvalue weighted by atomic mass is 10.0. The SMILES string of the molecule is O=c1[nH]c2ccc(S(=O)(=O)N3CCc4[nH]nc(-c5ccc(Cl)cc5)c4C3)cc2o1. The molecule has 1 aliphatic rings. The van der Waals surface area contributed by atoms with E-state index >= 15 is 0 Å². The Balaban J connectivity index is 1.51. The second-order valence-electron chi connectivity index (χ2n) is 6.80. The predicted molar refractivity (Wildman–Crippen MR) is 107 cm³/mol. The summed E-state index contributed by atoms with van der Waals surface area (Å²) in [4.78, 5) is 13.9. The van der Waals surface area contributed by atoms with Gasteiger partial charge in [0.1, 0.15) is 0 Å². The molecule has 0 atom stereocenters. The third-order valence-corrected chi connectivity index (χ3v) is 7.14. The quantitative estimate of drug-likeness (QED) is 0.519. The Morgan fingerprint density at radius 2 is 1.93 bits per heavy atom. The number of halogens is 1. The molecule has 29 heavy (non-hydrogen) atoms. The van der Waals surface area contributed by atoms with Crippen LogP contribution in [0.1, 0.15) is 11.3 Å². The molecular weight excluding hydrogens is 416 g/mol. The van der Waals surface area contributed by atoms with Gasteiger partial charge in [-0.25, -0.2) is 13.2 Å². The molecule has 10 heteroatoms. The van der Waals surface area contributed by atoms with E-state index in [4.69, 9.17) is 16.0 Å². The van der Waals surface area contributed by atoms with Crippen molar-refractivity contribution < 1.29 is 12.8 Å². The highest BCUT2D eigenvalue weighted by molar-refractivity contribution is 7.89. The molecule has 4 aromatic rings. The standard InChI is InChI=1S/C19H15ClN4O4S/c20-12-3-1-11(2-4-12)18-14-10-24(8-7-15(14)22-23-18)29(26,27)13-5-6-16-17(9-13)28-19(25)21-16/h1-6,9H,7-8,10H2,(H,21,25)(H,22,23). The zero-order valence-electron chi connectivity index (χ0n) is 15.0. The van der Waals surface area contributed by atoms with Gasteiger partial charge in [-0.3, -0.25) is 10.1 Å². The summed E-state index contributed by atoms with van der Waals surface area (Å²) in [7, 11) is -3.78. The maximum atomic E-state index is 13.2. The van der Waals surface area contributed by atoms with Crippen LogP contribution in [0, 0.1) is 0 Å². The van der Waals surface area contributed by atoms with Gasteiger partial charge in [-0.15, -0.1) is 0 Å². The fraction of sp³-hybridized carbons (Fsp3) is 0.158. The van der Waals surface area contributed by atoms with Crippen LogP contribution in [0.25, 0.3) is 22.4 Å². The van der Waals surface area contributed by atoms with Crippen LogP contribution >= 0.6 is 11.6 Å². The second kappa shape index (κ2) is 6.58. The Kier molecular flexibility index (Phi) is 4.12. The molecule has 0 saturated heterocycles. The molecule has 2 aromatic heterocycles. The van der Waals surface area contributed by atoms with Crippen LogP contribution in [-0.4, -0.2) is 34.4 Å². The molecule has 0 radical (unpaired) electrons. The molecule has 148 valence electrons. The number of aromatic nitrogens is 3. The van der Waals surface area contributed by atoms with Crippen LogP contribution in [0.4, 0.5) is 0 Å². The number of H-pyrrole nitrogens is 2. The lowest BCUT2D eigenvalue weighted by molar-refractivity contribution is 0.390. The molecule has 0 bridgehead atoms. The minimum atomic E-state index is -3.78. The maximum absolute atomic E-state index is 13.2. The van der Waals surface area contributed by atoms with Crippen LogP contribution < -0.4 is 5.76 Å². The van der Waals surface area contributed by atoms with Crippen molar-refractivity contribution in [3.05, 3.63) is 69.3 Å².